The molecule has 0 heterocycles. The third-order valence-corrected chi connectivity index (χ3v) is 4.21. The van der Waals surface area contributed by atoms with E-state index in [1.165, 1.54) is 38.5 Å². The minimum Gasteiger partial charge on any atom is -0.444 e. The number of ether oxygens (including phenoxy) is 1. The van der Waals surface area contributed by atoms with E-state index in [1.54, 1.807) is 0 Å². The standard InChI is InChI=1S/C18H36N2O2/c1-14(2)11-12-19-16(15-9-7-6-8-10-15)13-20-17(21)22-18(3,4)5/h14-16,19H,6-13H2,1-5H3,(H,20,21). The molecule has 1 atom stereocenters. The summed E-state index contributed by atoms with van der Waals surface area (Å²) in [7, 11) is 0. The summed E-state index contributed by atoms with van der Waals surface area (Å²) in [5.74, 6) is 1.38. The van der Waals surface area contributed by atoms with Crippen molar-refractivity contribution < 1.29 is 9.53 Å². The van der Waals surface area contributed by atoms with Gasteiger partial charge in [0.2, 0.25) is 0 Å². The molecule has 1 unspecified atom stereocenters. The van der Waals surface area contributed by atoms with Crippen LogP contribution in [0.15, 0.2) is 0 Å². The van der Waals surface area contributed by atoms with Crippen LogP contribution >= 0.6 is 0 Å². The highest BCUT2D eigenvalue weighted by atomic mass is 16.6. The van der Waals surface area contributed by atoms with E-state index < -0.39 is 5.60 Å². The second kappa shape index (κ2) is 9.39. The van der Waals surface area contributed by atoms with Crippen LogP contribution in [0.25, 0.3) is 0 Å². The monoisotopic (exact) mass is 312 g/mol. The van der Waals surface area contributed by atoms with Gasteiger partial charge in [0, 0.05) is 12.6 Å². The second-order valence-corrected chi connectivity index (χ2v) is 8.02. The normalized spacial score (nSPS) is 18.3. The van der Waals surface area contributed by atoms with Gasteiger partial charge in [0.1, 0.15) is 5.60 Å². The summed E-state index contributed by atoms with van der Waals surface area (Å²) in [6.07, 6.45) is 7.41. The molecule has 0 aromatic heterocycles. The van der Waals surface area contributed by atoms with Gasteiger partial charge in [-0.1, -0.05) is 33.1 Å². The maximum Gasteiger partial charge on any atom is 0.407 e. The van der Waals surface area contributed by atoms with Crippen LogP contribution in [0.2, 0.25) is 0 Å². The summed E-state index contributed by atoms with van der Waals surface area (Å²) in [6, 6.07) is 0.367. The predicted molar refractivity (Wildman–Crippen MR) is 92.1 cm³/mol. The Morgan fingerprint density at radius 3 is 2.36 bits per heavy atom. The van der Waals surface area contributed by atoms with Crippen LogP contribution in [-0.4, -0.2) is 30.8 Å². The SMILES string of the molecule is CC(C)CCNC(CNC(=O)OC(C)(C)C)C1CCCCC1. The molecule has 1 aliphatic carbocycles. The smallest absolute Gasteiger partial charge is 0.407 e. The van der Waals surface area contributed by atoms with Crippen molar-refractivity contribution in [2.75, 3.05) is 13.1 Å². The molecule has 1 fully saturated rings. The maximum absolute atomic E-state index is 11.9. The highest BCUT2D eigenvalue weighted by Crippen LogP contribution is 2.26. The molecule has 0 saturated heterocycles. The van der Waals surface area contributed by atoms with Crippen LogP contribution in [0.4, 0.5) is 4.79 Å². The average Bonchev–Trinajstić information content (AvgIpc) is 2.41. The first-order chi connectivity index (χ1) is 10.3. The molecule has 0 aromatic carbocycles. The first-order valence-electron chi connectivity index (χ1n) is 8.98. The van der Waals surface area contributed by atoms with Crippen molar-refractivity contribution in [1.29, 1.82) is 0 Å². The van der Waals surface area contributed by atoms with Crippen LogP contribution in [-0.2, 0) is 4.74 Å². The van der Waals surface area contributed by atoms with Crippen LogP contribution in [0, 0.1) is 11.8 Å². The number of hydrogen-bond donors (Lipinski definition) is 2. The molecular weight excluding hydrogens is 276 g/mol. The van der Waals surface area contributed by atoms with Crippen molar-refractivity contribution in [3.63, 3.8) is 0 Å². The van der Waals surface area contributed by atoms with E-state index in [-0.39, 0.29) is 6.09 Å². The molecule has 0 radical (unpaired) electrons. The van der Waals surface area contributed by atoms with E-state index in [0.29, 0.717) is 24.4 Å². The zero-order chi connectivity index (χ0) is 16.6. The molecule has 0 spiro atoms. The Bertz CT molecular complexity index is 318. The van der Waals surface area contributed by atoms with Crippen LogP contribution < -0.4 is 10.6 Å². The van der Waals surface area contributed by atoms with E-state index in [2.05, 4.69) is 24.5 Å². The van der Waals surface area contributed by atoms with Gasteiger partial charge in [-0.15, -0.1) is 0 Å². The minimum absolute atomic E-state index is 0.307. The zero-order valence-electron chi connectivity index (χ0n) is 15.2. The first-order valence-corrected chi connectivity index (χ1v) is 8.98. The topological polar surface area (TPSA) is 50.4 Å². The first kappa shape index (κ1) is 19.3. The third kappa shape index (κ3) is 8.62. The average molecular weight is 312 g/mol. The predicted octanol–water partition coefficient (Wildman–Crippen LogP) is 4.10. The molecule has 1 aliphatic rings. The molecule has 130 valence electrons. The van der Waals surface area contributed by atoms with Crippen molar-refractivity contribution in [3.05, 3.63) is 0 Å². The van der Waals surface area contributed by atoms with E-state index in [0.717, 1.165) is 6.54 Å². The maximum atomic E-state index is 11.9. The van der Waals surface area contributed by atoms with Gasteiger partial charge in [0.15, 0.2) is 0 Å². The van der Waals surface area contributed by atoms with Crippen molar-refractivity contribution in [3.8, 4) is 0 Å². The van der Waals surface area contributed by atoms with Crippen molar-refractivity contribution >= 4 is 6.09 Å². The molecule has 4 nitrogen and oxygen atoms in total. The van der Waals surface area contributed by atoms with E-state index in [4.69, 9.17) is 4.74 Å². The molecule has 1 rings (SSSR count). The molecular formula is C18H36N2O2. The van der Waals surface area contributed by atoms with Gasteiger partial charge in [-0.2, -0.15) is 0 Å². The largest absolute Gasteiger partial charge is 0.444 e. The highest BCUT2D eigenvalue weighted by molar-refractivity contribution is 5.67. The van der Waals surface area contributed by atoms with Gasteiger partial charge < -0.3 is 15.4 Å². The molecule has 1 saturated carbocycles. The molecule has 1 amide bonds. The summed E-state index contributed by atoms with van der Waals surface area (Å²) in [5.41, 5.74) is -0.435. The Morgan fingerprint density at radius 1 is 1.18 bits per heavy atom. The number of carbonyl (C=O) groups is 1. The fourth-order valence-electron chi connectivity index (χ4n) is 3.01. The summed E-state index contributed by atoms with van der Waals surface area (Å²) >= 11 is 0. The van der Waals surface area contributed by atoms with Crippen LogP contribution in [0.3, 0.4) is 0 Å². The van der Waals surface area contributed by atoms with Gasteiger partial charge in [0.05, 0.1) is 0 Å². The quantitative estimate of drug-likeness (QED) is 0.744. The van der Waals surface area contributed by atoms with E-state index in [9.17, 15) is 4.79 Å². The van der Waals surface area contributed by atoms with E-state index >= 15 is 0 Å². The number of rotatable bonds is 7. The molecule has 0 aliphatic heterocycles. The van der Waals surface area contributed by atoms with Crippen LogP contribution in [0.5, 0.6) is 0 Å². The fourth-order valence-corrected chi connectivity index (χ4v) is 3.01. The zero-order valence-corrected chi connectivity index (χ0v) is 15.2. The number of alkyl carbamates (subject to hydrolysis) is 1. The fraction of sp³-hybridized carbons (Fsp3) is 0.944. The van der Waals surface area contributed by atoms with Crippen molar-refractivity contribution in [2.24, 2.45) is 11.8 Å². The lowest BCUT2D eigenvalue weighted by atomic mass is 9.83. The van der Waals surface area contributed by atoms with Gasteiger partial charge in [0.25, 0.3) is 0 Å². The Kier molecular flexibility index (Phi) is 8.23. The lowest BCUT2D eigenvalue weighted by Gasteiger charge is -2.32. The van der Waals surface area contributed by atoms with Gasteiger partial charge in [-0.05, 0) is 58.4 Å². The highest BCUT2D eigenvalue weighted by Gasteiger charge is 2.24. The number of nitrogens with one attached hydrogen (secondary N) is 2. The Balaban J connectivity index is 2.44. The Labute approximate surface area is 136 Å². The lowest BCUT2D eigenvalue weighted by Crippen LogP contribution is -2.47. The molecule has 22 heavy (non-hydrogen) atoms. The molecule has 4 heteroatoms. The Hall–Kier alpha value is -0.770. The summed E-state index contributed by atoms with van der Waals surface area (Å²) in [6.45, 7) is 11.9. The molecule has 0 aromatic rings. The summed E-state index contributed by atoms with van der Waals surface area (Å²) in [5, 5.41) is 6.62. The van der Waals surface area contributed by atoms with Gasteiger partial charge in [-0.25, -0.2) is 4.79 Å². The summed E-state index contributed by atoms with van der Waals surface area (Å²) in [4.78, 5) is 11.9. The third-order valence-electron chi connectivity index (χ3n) is 4.21. The van der Waals surface area contributed by atoms with E-state index in [1.807, 2.05) is 20.8 Å². The van der Waals surface area contributed by atoms with Gasteiger partial charge in [-0.3, -0.25) is 0 Å². The Morgan fingerprint density at radius 2 is 1.82 bits per heavy atom. The van der Waals surface area contributed by atoms with Crippen LogP contribution in [0.1, 0.15) is 73.1 Å². The number of carbonyl (C=O) groups excluding carboxylic acids is 1. The summed E-state index contributed by atoms with van der Waals surface area (Å²) < 4.78 is 5.34. The number of amides is 1. The van der Waals surface area contributed by atoms with Crippen molar-refractivity contribution in [2.45, 2.75) is 84.8 Å². The molecule has 2 N–H and O–H groups in total. The number of hydrogen-bond acceptors (Lipinski definition) is 3. The van der Waals surface area contributed by atoms with Crippen molar-refractivity contribution in [1.82, 2.24) is 10.6 Å². The molecule has 0 bridgehead atoms. The second-order valence-electron chi connectivity index (χ2n) is 8.02. The lowest BCUT2D eigenvalue weighted by molar-refractivity contribution is 0.0515. The van der Waals surface area contributed by atoms with Gasteiger partial charge >= 0.3 is 6.09 Å². The minimum atomic E-state index is -0.435.